The molecule has 0 radical (unpaired) electrons. The standard InChI is InChI=1S/C16H16N2O3/c1-21-14-7-10-11(8-13(14)19)17-15-6-9-4-2-3-5-12(9)18(15)16(10)20/h2-5,7-8,15-17,19-20H,6H2,1H3/t15-,16?/m0/s1. The van der Waals surface area contributed by atoms with Crippen LogP contribution in [0.3, 0.4) is 0 Å². The number of aliphatic hydroxyl groups is 1. The second-order valence-electron chi connectivity index (χ2n) is 5.39. The van der Waals surface area contributed by atoms with Crippen molar-refractivity contribution in [1.29, 1.82) is 0 Å². The van der Waals surface area contributed by atoms with Crippen LogP contribution < -0.4 is 15.0 Å². The van der Waals surface area contributed by atoms with Crippen molar-refractivity contribution in [3.63, 3.8) is 0 Å². The molecule has 1 unspecified atom stereocenters. The number of nitrogens with zero attached hydrogens (tertiary/aromatic N) is 1. The average molecular weight is 284 g/mol. The zero-order chi connectivity index (χ0) is 14.6. The normalized spacial score (nSPS) is 22.1. The summed E-state index contributed by atoms with van der Waals surface area (Å²) in [6.45, 7) is 0. The molecule has 2 heterocycles. The molecule has 0 fully saturated rings. The average Bonchev–Trinajstić information content (AvgIpc) is 2.85. The van der Waals surface area contributed by atoms with Crippen LogP contribution in [0.5, 0.6) is 11.5 Å². The van der Waals surface area contributed by atoms with Crippen molar-refractivity contribution in [3.05, 3.63) is 47.5 Å². The lowest BCUT2D eigenvalue weighted by molar-refractivity contribution is 0.161. The first-order valence-electron chi connectivity index (χ1n) is 6.91. The Morgan fingerprint density at radius 1 is 1.29 bits per heavy atom. The number of nitrogens with one attached hydrogen (secondary N) is 1. The van der Waals surface area contributed by atoms with Crippen molar-refractivity contribution in [2.75, 3.05) is 17.3 Å². The predicted molar refractivity (Wildman–Crippen MR) is 79.7 cm³/mol. The van der Waals surface area contributed by atoms with Gasteiger partial charge in [0.2, 0.25) is 0 Å². The van der Waals surface area contributed by atoms with Crippen molar-refractivity contribution in [1.82, 2.24) is 0 Å². The van der Waals surface area contributed by atoms with Crippen LogP contribution in [0.1, 0.15) is 17.4 Å². The monoisotopic (exact) mass is 284 g/mol. The van der Waals surface area contributed by atoms with Gasteiger partial charge in [-0.15, -0.1) is 0 Å². The number of aromatic hydroxyl groups is 1. The molecule has 2 aliphatic rings. The fraction of sp³-hybridized carbons (Fsp3) is 0.250. The molecule has 0 bridgehead atoms. The van der Waals surface area contributed by atoms with Gasteiger partial charge in [0, 0.05) is 29.4 Å². The van der Waals surface area contributed by atoms with Gasteiger partial charge in [0.1, 0.15) is 6.17 Å². The molecule has 21 heavy (non-hydrogen) atoms. The van der Waals surface area contributed by atoms with E-state index < -0.39 is 6.23 Å². The lowest BCUT2D eigenvalue weighted by atomic mass is 10.1. The topological polar surface area (TPSA) is 65.0 Å². The van der Waals surface area contributed by atoms with Crippen LogP contribution in [0, 0.1) is 0 Å². The fourth-order valence-electron chi connectivity index (χ4n) is 3.25. The minimum Gasteiger partial charge on any atom is -0.504 e. The molecule has 0 spiro atoms. The summed E-state index contributed by atoms with van der Waals surface area (Å²) in [4.78, 5) is 1.97. The number of methoxy groups -OCH3 is 1. The minimum atomic E-state index is -0.760. The molecule has 0 amide bonds. The van der Waals surface area contributed by atoms with Gasteiger partial charge in [-0.3, -0.25) is 0 Å². The van der Waals surface area contributed by atoms with E-state index in [2.05, 4.69) is 11.4 Å². The number of hydrogen-bond acceptors (Lipinski definition) is 5. The third-order valence-corrected chi connectivity index (χ3v) is 4.23. The summed E-state index contributed by atoms with van der Waals surface area (Å²) in [6.07, 6.45) is 0.0570. The molecule has 5 heteroatoms. The largest absolute Gasteiger partial charge is 0.504 e. The molecule has 2 aromatic rings. The second kappa shape index (κ2) is 4.30. The van der Waals surface area contributed by atoms with Gasteiger partial charge in [-0.2, -0.15) is 0 Å². The quantitative estimate of drug-likeness (QED) is 0.749. The molecule has 3 N–H and O–H groups in total. The Kier molecular flexibility index (Phi) is 2.53. The lowest BCUT2D eigenvalue weighted by Gasteiger charge is -2.39. The highest BCUT2D eigenvalue weighted by atomic mass is 16.5. The Labute approximate surface area is 122 Å². The van der Waals surface area contributed by atoms with E-state index in [9.17, 15) is 10.2 Å². The summed E-state index contributed by atoms with van der Waals surface area (Å²) in [5.74, 6) is 0.431. The van der Waals surface area contributed by atoms with E-state index in [0.29, 0.717) is 11.3 Å². The maximum atomic E-state index is 10.7. The Bertz CT molecular complexity index is 717. The number of ether oxygens (including phenoxy) is 1. The van der Waals surface area contributed by atoms with E-state index >= 15 is 0 Å². The first kappa shape index (κ1) is 12.3. The first-order chi connectivity index (χ1) is 10.2. The van der Waals surface area contributed by atoms with E-state index in [1.54, 1.807) is 12.1 Å². The molecular formula is C16H16N2O3. The summed E-state index contributed by atoms with van der Waals surface area (Å²) < 4.78 is 5.13. The summed E-state index contributed by atoms with van der Waals surface area (Å²) in [6, 6.07) is 11.4. The zero-order valence-corrected chi connectivity index (χ0v) is 11.6. The summed E-state index contributed by atoms with van der Waals surface area (Å²) in [5.41, 5.74) is 3.70. The molecule has 4 rings (SSSR count). The van der Waals surface area contributed by atoms with Crippen LogP contribution in [0.2, 0.25) is 0 Å². The van der Waals surface area contributed by atoms with Crippen LogP contribution in [-0.4, -0.2) is 23.5 Å². The minimum absolute atomic E-state index is 0.00213. The number of aliphatic hydroxyl groups excluding tert-OH is 1. The van der Waals surface area contributed by atoms with E-state index in [1.165, 1.54) is 12.7 Å². The van der Waals surface area contributed by atoms with E-state index in [-0.39, 0.29) is 11.9 Å². The number of para-hydroxylation sites is 1. The fourth-order valence-corrected chi connectivity index (χ4v) is 3.25. The van der Waals surface area contributed by atoms with Gasteiger partial charge in [-0.1, -0.05) is 18.2 Å². The Hall–Kier alpha value is -2.40. The molecule has 2 aromatic carbocycles. The number of rotatable bonds is 1. The molecule has 5 nitrogen and oxygen atoms in total. The number of fused-ring (bicyclic) bond motifs is 4. The third-order valence-electron chi connectivity index (χ3n) is 4.23. The van der Waals surface area contributed by atoms with Crippen molar-refractivity contribution < 1.29 is 14.9 Å². The molecule has 108 valence electrons. The number of hydrogen-bond donors (Lipinski definition) is 3. The van der Waals surface area contributed by atoms with E-state index in [0.717, 1.165) is 17.8 Å². The lowest BCUT2D eigenvalue weighted by Crippen LogP contribution is -2.45. The highest BCUT2D eigenvalue weighted by molar-refractivity contribution is 5.70. The molecular weight excluding hydrogens is 268 g/mol. The van der Waals surface area contributed by atoms with E-state index in [1.807, 2.05) is 23.1 Å². The van der Waals surface area contributed by atoms with Crippen LogP contribution in [0.15, 0.2) is 36.4 Å². The third kappa shape index (κ3) is 1.67. The van der Waals surface area contributed by atoms with Crippen molar-refractivity contribution in [2.24, 2.45) is 0 Å². The van der Waals surface area contributed by atoms with Gasteiger partial charge in [-0.05, 0) is 17.7 Å². The van der Waals surface area contributed by atoms with Crippen molar-refractivity contribution in [3.8, 4) is 11.5 Å². The molecule has 0 saturated carbocycles. The predicted octanol–water partition coefficient (Wildman–Crippen LogP) is 2.21. The molecule has 0 saturated heterocycles. The first-order valence-corrected chi connectivity index (χ1v) is 6.91. The maximum absolute atomic E-state index is 10.7. The van der Waals surface area contributed by atoms with Gasteiger partial charge in [0.25, 0.3) is 0 Å². The van der Waals surface area contributed by atoms with Gasteiger partial charge < -0.3 is 25.2 Å². The number of anilines is 2. The molecule has 0 aliphatic carbocycles. The summed E-state index contributed by atoms with van der Waals surface area (Å²) in [5, 5.41) is 24.0. The Morgan fingerprint density at radius 2 is 2.10 bits per heavy atom. The van der Waals surface area contributed by atoms with Crippen LogP contribution in [0.25, 0.3) is 0 Å². The maximum Gasteiger partial charge on any atom is 0.161 e. The Balaban J connectivity index is 1.82. The van der Waals surface area contributed by atoms with E-state index in [4.69, 9.17) is 4.74 Å². The highest BCUT2D eigenvalue weighted by Crippen LogP contribution is 2.46. The van der Waals surface area contributed by atoms with Gasteiger partial charge in [-0.25, -0.2) is 0 Å². The van der Waals surface area contributed by atoms with Crippen LogP contribution >= 0.6 is 0 Å². The van der Waals surface area contributed by atoms with Crippen molar-refractivity contribution in [2.45, 2.75) is 18.8 Å². The van der Waals surface area contributed by atoms with Gasteiger partial charge >= 0.3 is 0 Å². The summed E-state index contributed by atoms with van der Waals surface area (Å²) in [7, 11) is 1.50. The van der Waals surface area contributed by atoms with Crippen molar-refractivity contribution >= 4 is 11.4 Å². The zero-order valence-electron chi connectivity index (χ0n) is 11.6. The Morgan fingerprint density at radius 3 is 2.90 bits per heavy atom. The SMILES string of the molecule is COc1cc2c(cc1O)N[C@@H]1Cc3ccccc3N1C2O. The molecule has 2 aliphatic heterocycles. The van der Waals surface area contributed by atoms with Gasteiger partial charge in [0.15, 0.2) is 17.7 Å². The summed E-state index contributed by atoms with van der Waals surface area (Å²) >= 11 is 0. The molecule has 2 atom stereocenters. The van der Waals surface area contributed by atoms with Crippen LogP contribution in [0.4, 0.5) is 11.4 Å². The number of phenolic OH excluding ortho intramolecular Hbond substituents is 1. The smallest absolute Gasteiger partial charge is 0.161 e. The number of phenols is 1. The molecule has 0 aromatic heterocycles. The second-order valence-corrected chi connectivity index (χ2v) is 5.39. The number of benzene rings is 2. The highest BCUT2D eigenvalue weighted by Gasteiger charge is 2.39. The van der Waals surface area contributed by atoms with Gasteiger partial charge in [0.05, 0.1) is 7.11 Å². The van der Waals surface area contributed by atoms with Crippen LogP contribution in [-0.2, 0) is 6.42 Å².